The van der Waals surface area contributed by atoms with Gasteiger partial charge in [-0.15, -0.1) is 0 Å². The minimum atomic E-state index is 0.777. The summed E-state index contributed by atoms with van der Waals surface area (Å²) >= 11 is 0. The Bertz CT molecular complexity index is 417. The van der Waals surface area contributed by atoms with Crippen molar-refractivity contribution in [1.82, 2.24) is 4.90 Å². The predicted molar refractivity (Wildman–Crippen MR) is 62.6 cm³/mol. The van der Waals surface area contributed by atoms with Crippen LogP contribution in [-0.4, -0.2) is 18.0 Å². The molecule has 1 aromatic rings. The Balaban J connectivity index is 1.67. The van der Waals surface area contributed by atoms with Crippen LogP contribution in [0.15, 0.2) is 24.3 Å². The highest BCUT2D eigenvalue weighted by atomic mass is 15.1. The average molecular weight is 212 g/mol. The summed E-state index contributed by atoms with van der Waals surface area (Å²) in [6, 6.07) is 10.2. The quantitative estimate of drug-likeness (QED) is 0.752. The number of benzene rings is 1. The van der Waals surface area contributed by atoms with E-state index in [-0.39, 0.29) is 0 Å². The average Bonchev–Trinajstić information content (AvgIpc) is 2.28. The van der Waals surface area contributed by atoms with Gasteiger partial charge in [0.25, 0.3) is 0 Å². The fourth-order valence-corrected chi connectivity index (χ4v) is 3.10. The molecule has 82 valence electrons. The monoisotopic (exact) mass is 212 g/mol. The van der Waals surface area contributed by atoms with Crippen LogP contribution >= 0.6 is 0 Å². The summed E-state index contributed by atoms with van der Waals surface area (Å²) in [4.78, 5) is 2.54. The number of piperidine rings is 2. The maximum atomic E-state index is 8.85. The summed E-state index contributed by atoms with van der Waals surface area (Å²) in [6.07, 6.45) is 2.91. The number of hydrogen-bond donors (Lipinski definition) is 0. The highest BCUT2D eigenvalue weighted by Gasteiger charge is 2.36. The van der Waals surface area contributed by atoms with Gasteiger partial charge in [0.05, 0.1) is 11.6 Å². The van der Waals surface area contributed by atoms with Gasteiger partial charge in [0.1, 0.15) is 0 Å². The Labute approximate surface area is 96.5 Å². The van der Waals surface area contributed by atoms with E-state index in [9.17, 15) is 0 Å². The molecule has 16 heavy (non-hydrogen) atoms. The van der Waals surface area contributed by atoms with Gasteiger partial charge in [0, 0.05) is 19.6 Å². The Morgan fingerprint density at radius 3 is 2.69 bits per heavy atom. The van der Waals surface area contributed by atoms with E-state index in [1.807, 2.05) is 18.2 Å². The number of fused-ring (bicyclic) bond motifs is 2. The fraction of sp³-hybridized carbons (Fsp3) is 0.500. The zero-order chi connectivity index (χ0) is 11.0. The summed E-state index contributed by atoms with van der Waals surface area (Å²) in [7, 11) is 0. The molecule has 1 aromatic carbocycles. The van der Waals surface area contributed by atoms with Crippen molar-refractivity contribution in [2.24, 2.45) is 11.8 Å². The first-order chi connectivity index (χ1) is 7.83. The van der Waals surface area contributed by atoms with Crippen LogP contribution in [0.1, 0.15) is 24.0 Å². The SMILES string of the molecule is N#Cc1cccc(CN2CC3CC(C3)C2)c1. The van der Waals surface area contributed by atoms with Crippen molar-refractivity contribution < 1.29 is 0 Å². The standard InChI is InChI=1S/C14H16N2/c15-7-11-2-1-3-12(4-11)8-16-9-13-5-14(6-13)10-16/h1-4,13-14H,5-6,8-10H2. The van der Waals surface area contributed by atoms with Crippen molar-refractivity contribution in [3.63, 3.8) is 0 Å². The zero-order valence-corrected chi connectivity index (χ0v) is 9.39. The molecule has 0 amide bonds. The highest BCUT2D eigenvalue weighted by molar-refractivity contribution is 5.32. The molecule has 0 unspecified atom stereocenters. The van der Waals surface area contributed by atoms with E-state index in [1.165, 1.54) is 31.5 Å². The Morgan fingerprint density at radius 1 is 1.25 bits per heavy atom. The van der Waals surface area contributed by atoms with E-state index in [2.05, 4.69) is 17.0 Å². The van der Waals surface area contributed by atoms with Crippen LogP contribution in [0.2, 0.25) is 0 Å². The molecule has 0 atom stereocenters. The largest absolute Gasteiger partial charge is 0.299 e. The van der Waals surface area contributed by atoms with Crippen LogP contribution in [0.5, 0.6) is 0 Å². The van der Waals surface area contributed by atoms with Gasteiger partial charge >= 0.3 is 0 Å². The molecule has 1 aliphatic carbocycles. The van der Waals surface area contributed by atoms with Crippen LogP contribution in [0, 0.1) is 23.2 Å². The van der Waals surface area contributed by atoms with Crippen molar-refractivity contribution in [3.8, 4) is 6.07 Å². The van der Waals surface area contributed by atoms with E-state index in [0.29, 0.717) is 0 Å². The molecule has 3 aliphatic rings. The number of hydrogen-bond acceptors (Lipinski definition) is 2. The molecular formula is C14H16N2. The first-order valence-electron chi connectivity index (χ1n) is 6.05. The summed E-state index contributed by atoms with van der Waals surface area (Å²) in [5, 5.41) is 8.85. The van der Waals surface area contributed by atoms with Gasteiger partial charge in [0.15, 0.2) is 0 Å². The van der Waals surface area contributed by atoms with Gasteiger partial charge in [-0.25, -0.2) is 0 Å². The van der Waals surface area contributed by atoms with Crippen LogP contribution in [0.3, 0.4) is 0 Å². The van der Waals surface area contributed by atoms with Gasteiger partial charge in [-0.3, -0.25) is 4.90 Å². The summed E-state index contributed by atoms with van der Waals surface area (Å²) in [5.41, 5.74) is 2.06. The second-order valence-corrected chi connectivity index (χ2v) is 5.21. The molecule has 0 radical (unpaired) electrons. The number of rotatable bonds is 2. The number of nitrogens with zero attached hydrogens (tertiary/aromatic N) is 2. The molecule has 0 N–H and O–H groups in total. The number of nitriles is 1. The highest BCUT2D eigenvalue weighted by Crippen LogP contribution is 2.39. The molecule has 3 fully saturated rings. The van der Waals surface area contributed by atoms with E-state index < -0.39 is 0 Å². The summed E-state index contributed by atoms with van der Waals surface area (Å²) in [5.74, 6) is 1.91. The lowest BCUT2D eigenvalue weighted by Crippen LogP contribution is -2.47. The van der Waals surface area contributed by atoms with Gasteiger partial charge in [-0.05, 0) is 42.4 Å². The summed E-state index contributed by atoms with van der Waals surface area (Å²) in [6.45, 7) is 3.53. The third kappa shape index (κ3) is 1.83. The molecule has 1 saturated carbocycles. The zero-order valence-electron chi connectivity index (χ0n) is 9.39. The van der Waals surface area contributed by atoms with Crippen molar-refractivity contribution >= 4 is 0 Å². The molecule has 2 bridgehead atoms. The van der Waals surface area contributed by atoms with Gasteiger partial charge in [0.2, 0.25) is 0 Å². The minimum absolute atomic E-state index is 0.777. The second kappa shape index (κ2) is 3.92. The van der Waals surface area contributed by atoms with Crippen LogP contribution < -0.4 is 0 Å². The maximum Gasteiger partial charge on any atom is 0.0991 e. The van der Waals surface area contributed by atoms with Crippen LogP contribution in [0.25, 0.3) is 0 Å². The fourth-order valence-electron chi connectivity index (χ4n) is 3.10. The topological polar surface area (TPSA) is 27.0 Å². The van der Waals surface area contributed by atoms with Gasteiger partial charge < -0.3 is 0 Å². The van der Waals surface area contributed by atoms with Crippen LogP contribution in [-0.2, 0) is 6.54 Å². The van der Waals surface area contributed by atoms with Gasteiger partial charge in [-0.2, -0.15) is 5.26 Å². The molecule has 2 heterocycles. The van der Waals surface area contributed by atoms with E-state index in [1.54, 1.807) is 0 Å². The van der Waals surface area contributed by atoms with Gasteiger partial charge in [-0.1, -0.05) is 12.1 Å². The van der Waals surface area contributed by atoms with Crippen molar-refractivity contribution in [2.45, 2.75) is 19.4 Å². The van der Waals surface area contributed by atoms with E-state index >= 15 is 0 Å². The molecule has 0 spiro atoms. The smallest absolute Gasteiger partial charge is 0.0991 e. The molecule has 0 aromatic heterocycles. The molecule has 2 aliphatic heterocycles. The minimum Gasteiger partial charge on any atom is -0.299 e. The van der Waals surface area contributed by atoms with E-state index in [4.69, 9.17) is 5.26 Å². The summed E-state index contributed by atoms with van der Waals surface area (Å²) < 4.78 is 0. The Morgan fingerprint density at radius 2 is 2.00 bits per heavy atom. The third-order valence-corrected chi connectivity index (χ3v) is 3.83. The molecule has 2 nitrogen and oxygen atoms in total. The van der Waals surface area contributed by atoms with Crippen molar-refractivity contribution in [2.75, 3.05) is 13.1 Å². The first-order valence-corrected chi connectivity index (χ1v) is 6.05. The van der Waals surface area contributed by atoms with Crippen LogP contribution in [0.4, 0.5) is 0 Å². The first kappa shape index (κ1) is 9.86. The lowest BCUT2D eigenvalue weighted by atomic mass is 9.71. The Kier molecular flexibility index (Phi) is 2.41. The molecule has 4 rings (SSSR count). The normalized spacial score (nSPS) is 28.2. The maximum absolute atomic E-state index is 8.85. The van der Waals surface area contributed by atoms with E-state index in [0.717, 1.165) is 23.9 Å². The Hall–Kier alpha value is -1.33. The lowest BCUT2D eigenvalue weighted by Gasteiger charge is -2.47. The molecule has 2 saturated heterocycles. The van der Waals surface area contributed by atoms with Crippen molar-refractivity contribution in [3.05, 3.63) is 35.4 Å². The van der Waals surface area contributed by atoms with Crippen molar-refractivity contribution in [1.29, 1.82) is 5.26 Å². The molecule has 2 heteroatoms. The second-order valence-electron chi connectivity index (χ2n) is 5.21. The molecular weight excluding hydrogens is 196 g/mol. The predicted octanol–water partition coefficient (Wildman–Crippen LogP) is 2.40. The lowest BCUT2D eigenvalue weighted by molar-refractivity contribution is 0.0228. The third-order valence-electron chi connectivity index (χ3n) is 3.83.